The summed E-state index contributed by atoms with van der Waals surface area (Å²) < 4.78 is 68.4. The number of phosphoric acid groups is 2. The number of phosphoric ester groups is 2. The lowest BCUT2D eigenvalue weighted by Gasteiger charge is -2.21. The summed E-state index contributed by atoms with van der Waals surface area (Å²) in [6.07, 6.45) is 54.0. The number of rotatable bonds is 73. The number of esters is 4. The molecule has 0 bridgehead atoms. The second-order valence-electron chi connectivity index (χ2n) is 26.8. The predicted molar refractivity (Wildman–Crippen MR) is 372 cm³/mol. The Morgan fingerprint density at radius 1 is 0.293 bits per heavy atom. The van der Waals surface area contributed by atoms with Crippen LogP contribution in [0.3, 0.4) is 0 Å². The van der Waals surface area contributed by atoms with E-state index in [1.807, 2.05) is 0 Å². The Morgan fingerprint density at radius 3 is 0.739 bits per heavy atom. The molecule has 0 saturated carbocycles. The summed E-state index contributed by atoms with van der Waals surface area (Å²) in [4.78, 5) is 72.6. The quantitative estimate of drug-likeness (QED) is 0.0222. The lowest BCUT2D eigenvalue weighted by atomic mass is 10.0. The second-order valence-corrected chi connectivity index (χ2v) is 29.7. The van der Waals surface area contributed by atoms with Gasteiger partial charge in [-0.1, -0.05) is 330 Å². The normalized spacial score (nSPS) is 14.0. The van der Waals surface area contributed by atoms with Crippen molar-refractivity contribution < 1.29 is 80.2 Å². The van der Waals surface area contributed by atoms with E-state index in [1.54, 1.807) is 0 Å². The number of hydrogen-bond donors (Lipinski definition) is 3. The molecular weight excluding hydrogens is 1210 g/mol. The van der Waals surface area contributed by atoms with Crippen LogP contribution in [0.4, 0.5) is 0 Å². The molecule has 19 heteroatoms. The fourth-order valence-corrected chi connectivity index (χ4v) is 12.8. The second kappa shape index (κ2) is 66.3. The highest BCUT2D eigenvalue weighted by Crippen LogP contribution is 2.45. The number of unbranched alkanes of at least 4 members (excludes halogenated alkanes) is 45. The van der Waals surface area contributed by atoms with Crippen LogP contribution in [0.2, 0.25) is 0 Å². The fraction of sp³-hybridized carbons (Fsp3) is 0.945. The lowest BCUT2D eigenvalue weighted by Crippen LogP contribution is -2.30. The highest BCUT2D eigenvalue weighted by atomic mass is 31.2. The van der Waals surface area contributed by atoms with Gasteiger partial charge in [0.15, 0.2) is 12.2 Å². The Bertz CT molecular complexity index is 1770. The molecule has 5 atom stereocenters. The zero-order chi connectivity index (χ0) is 67.7. The molecule has 0 rings (SSSR count). The van der Waals surface area contributed by atoms with Crippen molar-refractivity contribution in [3.63, 3.8) is 0 Å². The van der Waals surface area contributed by atoms with E-state index in [1.165, 1.54) is 199 Å². The SMILES string of the molecule is CCCCCCCCCCCCCCCCCCC(=O)O[C@H](COC(=O)CCCCCCCCCCCCCCC(C)C)COP(=O)(O)OC[C@@H](O)COP(=O)(O)OC[C@@H](COC(=O)CCCCCCCCCC)OC(=O)CCCCCCCCCCCCCCC. The molecule has 0 aromatic rings. The first kappa shape index (κ1) is 90.1. The molecule has 0 aliphatic carbocycles. The topological polar surface area (TPSA) is 237 Å². The van der Waals surface area contributed by atoms with Crippen molar-refractivity contribution in [2.75, 3.05) is 39.6 Å². The van der Waals surface area contributed by atoms with Crippen molar-refractivity contribution in [2.45, 2.75) is 400 Å². The molecule has 3 N–H and O–H groups in total. The summed E-state index contributed by atoms with van der Waals surface area (Å²) >= 11 is 0. The van der Waals surface area contributed by atoms with Gasteiger partial charge in [0, 0.05) is 25.7 Å². The third kappa shape index (κ3) is 66.7. The van der Waals surface area contributed by atoms with Gasteiger partial charge in [0.2, 0.25) is 0 Å². The molecule has 546 valence electrons. The van der Waals surface area contributed by atoms with Gasteiger partial charge in [-0.2, -0.15) is 0 Å². The maximum absolute atomic E-state index is 13.1. The molecule has 2 unspecified atom stereocenters. The summed E-state index contributed by atoms with van der Waals surface area (Å²) in [7, 11) is -9.90. The Kier molecular flexibility index (Phi) is 64.9. The monoisotopic (exact) mass is 1350 g/mol. The molecule has 0 aliphatic heterocycles. The molecular formula is C73H142O17P2. The molecule has 0 fully saturated rings. The summed E-state index contributed by atoms with van der Waals surface area (Å²) in [6, 6.07) is 0. The van der Waals surface area contributed by atoms with Crippen molar-refractivity contribution in [1.82, 2.24) is 0 Å². The molecule has 92 heavy (non-hydrogen) atoms. The zero-order valence-electron chi connectivity index (χ0n) is 59.7. The first-order valence-corrected chi connectivity index (χ1v) is 41.1. The molecule has 0 aliphatic rings. The predicted octanol–water partition coefficient (Wildman–Crippen LogP) is 21.3. The minimum Gasteiger partial charge on any atom is -0.462 e. The molecule has 0 spiro atoms. The smallest absolute Gasteiger partial charge is 0.462 e. The maximum Gasteiger partial charge on any atom is 0.472 e. The van der Waals surface area contributed by atoms with Gasteiger partial charge in [0.05, 0.1) is 26.4 Å². The number of carbonyl (C=O) groups excluding carboxylic acids is 4. The summed E-state index contributed by atoms with van der Waals surface area (Å²) in [5, 5.41) is 10.6. The number of aliphatic hydroxyl groups excluding tert-OH is 1. The van der Waals surface area contributed by atoms with Gasteiger partial charge in [-0.3, -0.25) is 37.3 Å². The average molecular weight is 1350 g/mol. The molecule has 17 nitrogen and oxygen atoms in total. The zero-order valence-corrected chi connectivity index (χ0v) is 61.5. The van der Waals surface area contributed by atoms with Gasteiger partial charge < -0.3 is 33.8 Å². The molecule has 0 aromatic carbocycles. The molecule has 0 heterocycles. The molecule has 0 saturated heterocycles. The van der Waals surface area contributed by atoms with E-state index < -0.39 is 97.5 Å². The average Bonchev–Trinajstić information content (AvgIpc) is 1.95. The summed E-state index contributed by atoms with van der Waals surface area (Å²) in [5.41, 5.74) is 0. The van der Waals surface area contributed by atoms with Crippen LogP contribution in [0.1, 0.15) is 381 Å². The minimum atomic E-state index is -4.95. The van der Waals surface area contributed by atoms with Gasteiger partial charge in [-0.05, 0) is 31.6 Å². The Hall–Kier alpha value is -1.94. The van der Waals surface area contributed by atoms with Crippen LogP contribution in [-0.2, 0) is 65.4 Å². The highest BCUT2D eigenvalue weighted by Gasteiger charge is 2.30. The van der Waals surface area contributed by atoms with Crippen LogP contribution >= 0.6 is 15.6 Å². The standard InChI is InChI=1S/C73H142O17P2/c1-6-9-12-15-18-21-23-25-26-27-29-35-39-44-49-54-59-73(78)90-69(63-84-71(76)57-52-47-42-37-33-31-30-32-36-40-45-50-55-66(4)5)65-88-92(81,82)86-61-67(74)60-85-91(79,80)87-64-68(62-83-70(75)56-51-46-41-20-17-14-11-8-3)89-72(77)58-53-48-43-38-34-28-24-22-19-16-13-10-7-2/h66-69,74H,6-65H2,1-5H3,(H,79,80)(H,81,82)/t67-,68+,69+/m0/s1. The van der Waals surface area contributed by atoms with Crippen molar-refractivity contribution in [3.05, 3.63) is 0 Å². The van der Waals surface area contributed by atoms with E-state index in [-0.39, 0.29) is 25.7 Å². The van der Waals surface area contributed by atoms with Crippen LogP contribution in [0, 0.1) is 5.92 Å². The number of carbonyl (C=O) groups is 4. The highest BCUT2D eigenvalue weighted by molar-refractivity contribution is 7.47. The first-order chi connectivity index (χ1) is 44.5. The molecule has 0 aromatic heterocycles. The van der Waals surface area contributed by atoms with Gasteiger partial charge in [-0.15, -0.1) is 0 Å². The van der Waals surface area contributed by atoms with Gasteiger partial charge in [0.1, 0.15) is 19.3 Å². The minimum absolute atomic E-state index is 0.108. The Morgan fingerprint density at radius 2 is 0.500 bits per heavy atom. The van der Waals surface area contributed by atoms with Gasteiger partial charge >= 0.3 is 39.5 Å². The van der Waals surface area contributed by atoms with Crippen LogP contribution in [-0.4, -0.2) is 96.7 Å². The van der Waals surface area contributed by atoms with E-state index in [0.717, 1.165) is 102 Å². The largest absolute Gasteiger partial charge is 0.472 e. The summed E-state index contributed by atoms with van der Waals surface area (Å²) in [6.45, 7) is 7.27. The third-order valence-electron chi connectivity index (χ3n) is 17.0. The van der Waals surface area contributed by atoms with E-state index in [4.69, 9.17) is 37.0 Å². The number of hydrogen-bond acceptors (Lipinski definition) is 15. The summed E-state index contributed by atoms with van der Waals surface area (Å²) in [5.74, 6) is -1.34. The number of ether oxygens (including phenoxy) is 4. The number of aliphatic hydroxyl groups is 1. The van der Waals surface area contributed by atoms with Crippen LogP contribution in [0.15, 0.2) is 0 Å². The van der Waals surface area contributed by atoms with Gasteiger partial charge in [0.25, 0.3) is 0 Å². The van der Waals surface area contributed by atoms with Crippen molar-refractivity contribution in [1.29, 1.82) is 0 Å². The van der Waals surface area contributed by atoms with Gasteiger partial charge in [-0.25, -0.2) is 9.13 Å². The van der Waals surface area contributed by atoms with Crippen molar-refractivity contribution >= 4 is 39.5 Å². The first-order valence-electron chi connectivity index (χ1n) is 38.1. The van der Waals surface area contributed by atoms with Crippen molar-refractivity contribution in [2.24, 2.45) is 5.92 Å². The third-order valence-corrected chi connectivity index (χ3v) is 18.9. The maximum atomic E-state index is 13.1. The Balaban J connectivity index is 5.22. The molecule has 0 radical (unpaired) electrons. The van der Waals surface area contributed by atoms with E-state index in [2.05, 4.69) is 34.6 Å². The molecule has 0 amide bonds. The van der Waals surface area contributed by atoms with E-state index in [0.29, 0.717) is 25.7 Å². The van der Waals surface area contributed by atoms with E-state index in [9.17, 15) is 43.2 Å². The van der Waals surface area contributed by atoms with Crippen LogP contribution in [0.25, 0.3) is 0 Å². The Labute approximate surface area is 562 Å². The lowest BCUT2D eigenvalue weighted by molar-refractivity contribution is -0.161. The van der Waals surface area contributed by atoms with Crippen LogP contribution < -0.4 is 0 Å². The van der Waals surface area contributed by atoms with Crippen LogP contribution in [0.5, 0.6) is 0 Å². The van der Waals surface area contributed by atoms with E-state index >= 15 is 0 Å². The fourth-order valence-electron chi connectivity index (χ4n) is 11.2. The van der Waals surface area contributed by atoms with Crippen molar-refractivity contribution in [3.8, 4) is 0 Å².